The van der Waals surface area contributed by atoms with Gasteiger partial charge in [-0.05, 0) is 54.4 Å². The van der Waals surface area contributed by atoms with Gasteiger partial charge in [-0.15, -0.1) is 0 Å². The molecule has 38 heavy (non-hydrogen) atoms. The van der Waals surface area contributed by atoms with Gasteiger partial charge in [-0.3, -0.25) is 14.6 Å². The van der Waals surface area contributed by atoms with Crippen LogP contribution < -0.4 is 16.0 Å². The molecular formula is C27H21F4N5O2. The molecule has 4 aromatic rings. The van der Waals surface area contributed by atoms with Crippen LogP contribution in [0.3, 0.4) is 0 Å². The number of benzene rings is 2. The summed E-state index contributed by atoms with van der Waals surface area (Å²) in [7, 11) is 0. The van der Waals surface area contributed by atoms with Crippen LogP contribution in [0.4, 0.5) is 34.8 Å². The average molecular weight is 523 g/mol. The highest BCUT2D eigenvalue weighted by Crippen LogP contribution is 2.31. The van der Waals surface area contributed by atoms with Crippen molar-refractivity contribution in [2.45, 2.75) is 19.6 Å². The van der Waals surface area contributed by atoms with Crippen molar-refractivity contribution in [3.63, 3.8) is 0 Å². The van der Waals surface area contributed by atoms with Crippen molar-refractivity contribution in [3.8, 4) is 0 Å². The minimum Gasteiger partial charge on any atom is -0.348 e. The number of aromatic nitrogens is 2. The van der Waals surface area contributed by atoms with Gasteiger partial charge in [0.25, 0.3) is 11.8 Å². The van der Waals surface area contributed by atoms with Gasteiger partial charge < -0.3 is 16.0 Å². The van der Waals surface area contributed by atoms with E-state index in [-0.39, 0.29) is 23.6 Å². The van der Waals surface area contributed by atoms with E-state index in [1.165, 1.54) is 12.3 Å². The van der Waals surface area contributed by atoms with E-state index < -0.39 is 34.9 Å². The molecule has 11 heteroatoms. The van der Waals surface area contributed by atoms with Gasteiger partial charge >= 0.3 is 6.18 Å². The fourth-order valence-corrected chi connectivity index (χ4v) is 3.49. The normalized spacial score (nSPS) is 11.1. The summed E-state index contributed by atoms with van der Waals surface area (Å²) in [5.41, 5.74) is 0.485. The second kappa shape index (κ2) is 11.1. The summed E-state index contributed by atoms with van der Waals surface area (Å²) < 4.78 is 53.4. The quantitative estimate of drug-likeness (QED) is 0.264. The van der Waals surface area contributed by atoms with E-state index in [0.717, 1.165) is 11.1 Å². The number of hydrogen-bond acceptors (Lipinski definition) is 5. The molecule has 0 bridgehead atoms. The molecule has 0 fully saturated rings. The number of carbonyl (C=O) groups is 2. The number of carbonyl (C=O) groups excluding carboxylic acids is 2. The first-order chi connectivity index (χ1) is 18.1. The zero-order valence-electron chi connectivity index (χ0n) is 19.9. The fraction of sp³-hybridized carbons (Fsp3) is 0.111. The summed E-state index contributed by atoms with van der Waals surface area (Å²) >= 11 is 0. The molecule has 2 amide bonds. The van der Waals surface area contributed by atoms with Crippen molar-refractivity contribution in [2.75, 3.05) is 10.6 Å². The molecule has 0 aliphatic rings. The second-order valence-corrected chi connectivity index (χ2v) is 8.28. The maximum Gasteiger partial charge on any atom is 0.416 e. The van der Waals surface area contributed by atoms with Crippen LogP contribution in [0.1, 0.15) is 37.4 Å². The summed E-state index contributed by atoms with van der Waals surface area (Å²) in [6.07, 6.45) is -0.366. The first kappa shape index (κ1) is 26.3. The van der Waals surface area contributed by atoms with Crippen LogP contribution in [0.25, 0.3) is 0 Å². The average Bonchev–Trinajstić information content (AvgIpc) is 2.89. The molecule has 194 valence electrons. The number of hydrogen-bond donors (Lipinski definition) is 3. The zero-order valence-corrected chi connectivity index (χ0v) is 19.9. The molecule has 2 aromatic heterocycles. The van der Waals surface area contributed by atoms with E-state index in [9.17, 15) is 27.2 Å². The molecule has 0 aliphatic heterocycles. The number of para-hydroxylation sites is 1. The van der Waals surface area contributed by atoms with Gasteiger partial charge in [-0.25, -0.2) is 9.37 Å². The van der Waals surface area contributed by atoms with E-state index in [2.05, 4.69) is 25.9 Å². The zero-order chi connectivity index (χ0) is 27.3. The highest BCUT2D eigenvalue weighted by molar-refractivity contribution is 6.07. The van der Waals surface area contributed by atoms with Crippen molar-refractivity contribution in [3.05, 3.63) is 113 Å². The first-order valence-electron chi connectivity index (χ1n) is 11.3. The van der Waals surface area contributed by atoms with Gasteiger partial charge in [0.05, 0.1) is 16.8 Å². The Labute approximate surface area is 215 Å². The Morgan fingerprint density at radius 3 is 2.39 bits per heavy atom. The van der Waals surface area contributed by atoms with E-state index in [1.807, 2.05) is 19.1 Å². The summed E-state index contributed by atoms with van der Waals surface area (Å²) in [6.45, 7) is 2.02. The Morgan fingerprint density at radius 1 is 0.895 bits per heavy atom. The van der Waals surface area contributed by atoms with Crippen LogP contribution in [-0.4, -0.2) is 21.8 Å². The molecule has 2 heterocycles. The molecule has 4 rings (SSSR count). The molecule has 0 atom stereocenters. The minimum atomic E-state index is -4.84. The molecule has 0 saturated heterocycles. The molecule has 0 radical (unpaired) electrons. The Bertz CT molecular complexity index is 1480. The highest BCUT2D eigenvalue weighted by Gasteiger charge is 2.32. The Kier molecular flexibility index (Phi) is 7.66. The fourth-order valence-electron chi connectivity index (χ4n) is 3.49. The Balaban J connectivity index is 1.64. The monoisotopic (exact) mass is 523 g/mol. The Hall–Kier alpha value is -4.80. The molecular weight excluding hydrogens is 502 g/mol. The predicted octanol–water partition coefficient (Wildman–Crippen LogP) is 5.87. The number of rotatable bonds is 7. The lowest BCUT2D eigenvalue weighted by Crippen LogP contribution is -2.23. The number of nitrogens with one attached hydrogen (secondary N) is 3. The summed E-state index contributed by atoms with van der Waals surface area (Å²) in [5, 5.41) is 8.21. The maximum absolute atomic E-state index is 13.9. The van der Waals surface area contributed by atoms with Crippen LogP contribution >= 0.6 is 0 Å². The first-order valence-corrected chi connectivity index (χ1v) is 11.3. The minimum absolute atomic E-state index is 0.00472. The third-order valence-corrected chi connectivity index (χ3v) is 5.46. The van der Waals surface area contributed by atoms with Crippen molar-refractivity contribution in [2.24, 2.45) is 0 Å². The van der Waals surface area contributed by atoms with Gasteiger partial charge in [0, 0.05) is 36.4 Å². The summed E-state index contributed by atoms with van der Waals surface area (Å²) in [6, 6.07) is 13.6. The SMILES string of the molecule is Cc1ccccc1Nc1ncc(C(=O)NCc2cccnc2)cc1NC(=O)c1cc(F)cc(C(F)(F)F)c1. The third kappa shape index (κ3) is 6.49. The van der Waals surface area contributed by atoms with Crippen LogP contribution in [0.5, 0.6) is 0 Å². The smallest absolute Gasteiger partial charge is 0.348 e. The molecule has 0 unspecified atom stereocenters. The van der Waals surface area contributed by atoms with Crippen molar-refractivity contribution in [1.82, 2.24) is 15.3 Å². The lowest BCUT2D eigenvalue weighted by molar-refractivity contribution is -0.137. The van der Waals surface area contributed by atoms with Crippen LogP contribution in [0.15, 0.2) is 79.3 Å². The number of amides is 2. The Morgan fingerprint density at radius 2 is 1.68 bits per heavy atom. The van der Waals surface area contributed by atoms with Gasteiger partial charge in [-0.1, -0.05) is 24.3 Å². The van der Waals surface area contributed by atoms with Crippen molar-refractivity contribution < 1.29 is 27.2 Å². The van der Waals surface area contributed by atoms with Gasteiger partial charge in [0.15, 0.2) is 5.82 Å². The van der Waals surface area contributed by atoms with Crippen LogP contribution in [0.2, 0.25) is 0 Å². The number of nitrogens with zero attached hydrogens (tertiary/aromatic N) is 2. The molecule has 3 N–H and O–H groups in total. The number of alkyl halides is 3. The molecule has 0 saturated carbocycles. The number of halogens is 4. The summed E-state index contributed by atoms with van der Waals surface area (Å²) in [4.78, 5) is 33.9. The standard InChI is InChI=1S/C27H21F4N5O2/c1-16-5-2-3-7-22(16)35-24-23(36-26(38)18-9-20(27(29,30)31)12-21(28)10-18)11-19(15-33-24)25(37)34-14-17-6-4-8-32-13-17/h2-13,15H,14H2,1H3,(H,33,35)(H,34,37)(H,36,38). The number of pyridine rings is 2. The van der Waals surface area contributed by atoms with Gasteiger partial charge in [-0.2, -0.15) is 13.2 Å². The van der Waals surface area contributed by atoms with Crippen LogP contribution in [0, 0.1) is 12.7 Å². The van der Waals surface area contributed by atoms with Gasteiger partial charge in [0.2, 0.25) is 0 Å². The van der Waals surface area contributed by atoms with E-state index in [1.54, 1.807) is 36.7 Å². The summed E-state index contributed by atoms with van der Waals surface area (Å²) in [5.74, 6) is -2.62. The van der Waals surface area contributed by atoms with Crippen molar-refractivity contribution in [1.29, 1.82) is 0 Å². The largest absolute Gasteiger partial charge is 0.416 e. The lowest BCUT2D eigenvalue weighted by atomic mass is 10.1. The third-order valence-electron chi connectivity index (χ3n) is 5.46. The van der Waals surface area contributed by atoms with E-state index in [0.29, 0.717) is 23.9 Å². The van der Waals surface area contributed by atoms with Crippen LogP contribution in [-0.2, 0) is 12.7 Å². The second-order valence-electron chi connectivity index (χ2n) is 8.28. The lowest BCUT2D eigenvalue weighted by Gasteiger charge is -2.16. The molecule has 0 spiro atoms. The van der Waals surface area contributed by atoms with Crippen molar-refractivity contribution >= 4 is 29.0 Å². The number of anilines is 3. The topological polar surface area (TPSA) is 96.0 Å². The maximum atomic E-state index is 13.9. The molecule has 0 aliphatic carbocycles. The molecule has 7 nitrogen and oxygen atoms in total. The van der Waals surface area contributed by atoms with Gasteiger partial charge in [0.1, 0.15) is 5.82 Å². The predicted molar refractivity (Wildman–Crippen MR) is 133 cm³/mol. The van der Waals surface area contributed by atoms with E-state index in [4.69, 9.17) is 0 Å². The van der Waals surface area contributed by atoms with E-state index >= 15 is 0 Å². The molecule has 2 aromatic carbocycles. The number of aryl methyl sites for hydroxylation is 1. The highest BCUT2D eigenvalue weighted by atomic mass is 19.4.